The molecule has 0 aromatic heterocycles. The molecular weight excluding hydrogens is 376 g/mol. The molecule has 28 heavy (non-hydrogen) atoms. The van der Waals surface area contributed by atoms with Gasteiger partial charge in [0, 0.05) is 24.3 Å². The highest BCUT2D eigenvalue weighted by atomic mass is 32.2. The van der Waals surface area contributed by atoms with E-state index >= 15 is 0 Å². The zero-order valence-corrected chi connectivity index (χ0v) is 16.8. The summed E-state index contributed by atoms with van der Waals surface area (Å²) in [6.45, 7) is 1.84. The van der Waals surface area contributed by atoms with Gasteiger partial charge >= 0.3 is 0 Å². The van der Waals surface area contributed by atoms with Crippen molar-refractivity contribution < 1.29 is 18.0 Å². The van der Waals surface area contributed by atoms with E-state index in [0.717, 1.165) is 23.1 Å². The van der Waals surface area contributed by atoms with Crippen molar-refractivity contribution >= 4 is 27.3 Å². The summed E-state index contributed by atoms with van der Waals surface area (Å²) in [5.41, 5.74) is 2.76. The molecule has 2 amide bonds. The Bertz CT molecular complexity index is 984. The first-order valence-electron chi connectivity index (χ1n) is 9.22. The van der Waals surface area contributed by atoms with Gasteiger partial charge in [-0.25, -0.2) is 8.42 Å². The molecule has 148 valence electrons. The molecule has 0 radical (unpaired) electrons. The average Bonchev–Trinajstić information content (AvgIpc) is 2.65. The van der Waals surface area contributed by atoms with Gasteiger partial charge in [-0.3, -0.25) is 9.59 Å². The number of benzene rings is 2. The van der Waals surface area contributed by atoms with Crippen LogP contribution in [0.3, 0.4) is 0 Å². The Balaban J connectivity index is 1.53. The Kier molecular flexibility index (Phi) is 5.84. The first-order chi connectivity index (χ1) is 13.2. The van der Waals surface area contributed by atoms with Gasteiger partial charge in [-0.2, -0.15) is 0 Å². The molecule has 2 atom stereocenters. The lowest BCUT2D eigenvalue weighted by molar-refractivity contribution is -0.123. The number of hydrogen-bond donors (Lipinski definition) is 2. The lowest BCUT2D eigenvalue weighted by Crippen LogP contribution is -2.32. The minimum atomic E-state index is -3.24. The van der Waals surface area contributed by atoms with Crippen LogP contribution >= 0.6 is 0 Å². The van der Waals surface area contributed by atoms with Crippen molar-refractivity contribution in [2.45, 2.75) is 37.1 Å². The number of carbonyl (C=O) groups is 2. The topological polar surface area (TPSA) is 92.3 Å². The lowest BCUT2D eigenvalue weighted by Gasteiger charge is -2.24. The fourth-order valence-corrected chi connectivity index (χ4v) is 3.98. The summed E-state index contributed by atoms with van der Waals surface area (Å²) in [5.74, 6) is -0.396. The maximum Gasteiger partial charge on any atom is 0.227 e. The molecule has 0 bridgehead atoms. The molecule has 0 aliphatic carbocycles. The molecule has 3 rings (SSSR count). The van der Waals surface area contributed by atoms with Gasteiger partial charge in [0.1, 0.15) is 0 Å². The summed E-state index contributed by atoms with van der Waals surface area (Å²) in [7, 11) is -3.24. The molecule has 1 aliphatic rings. The van der Waals surface area contributed by atoms with Crippen LogP contribution in [0.2, 0.25) is 0 Å². The number of fused-ring (bicyclic) bond motifs is 1. The summed E-state index contributed by atoms with van der Waals surface area (Å²) >= 11 is 0. The Morgan fingerprint density at radius 3 is 2.54 bits per heavy atom. The molecular formula is C21H24N2O4S. The summed E-state index contributed by atoms with van der Waals surface area (Å²) in [4.78, 5) is 24.8. The van der Waals surface area contributed by atoms with E-state index in [1.807, 2.05) is 31.2 Å². The van der Waals surface area contributed by atoms with Crippen LogP contribution in [0.15, 0.2) is 53.4 Å². The Morgan fingerprint density at radius 1 is 1.18 bits per heavy atom. The smallest absolute Gasteiger partial charge is 0.227 e. The van der Waals surface area contributed by atoms with E-state index in [1.54, 1.807) is 12.1 Å². The number of para-hydroxylation sites is 1. The molecule has 0 saturated heterocycles. The van der Waals surface area contributed by atoms with Gasteiger partial charge in [0.05, 0.1) is 10.9 Å². The largest absolute Gasteiger partial charge is 0.350 e. The minimum Gasteiger partial charge on any atom is -0.350 e. The molecule has 0 fully saturated rings. The maximum atomic E-state index is 12.3. The first-order valence-corrected chi connectivity index (χ1v) is 11.1. The Morgan fingerprint density at radius 2 is 1.86 bits per heavy atom. The zero-order valence-electron chi connectivity index (χ0n) is 15.9. The van der Waals surface area contributed by atoms with E-state index < -0.39 is 9.84 Å². The normalized spacial score (nSPS) is 17.4. The predicted octanol–water partition coefficient (Wildman–Crippen LogP) is 2.86. The van der Waals surface area contributed by atoms with Gasteiger partial charge < -0.3 is 10.6 Å². The standard InChI is InChI=1S/C21H24N2O4S/c1-14(15-7-10-18(11-8-15)28(2,26)27)22-20(24)12-9-17-13-16-5-3-4-6-19(16)23-21(17)25/h3-8,10-11,14,17H,9,12-13H2,1-2H3,(H,22,24)(H,23,25)/t14-,17+/m1/s1. The maximum absolute atomic E-state index is 12.3. The molecule has 6 nitrogen and oxygen atoms in total. The van der Waals surface area contributed by atoms with Crippen LogP contribution < -0.4 is 10.6 Å². The molecule has 2 N–H and O–H groups in total. The molecule has 0 spiro atoms. The Labute approximate surface area is 165 Å². The van der Waals surface area contributed by atoms with Crippen LogP contribution in [-0.2, 0) is 25.8 Å². The lowest BCUT2D eigenvalue weighted by atomic mass is 9.89. The SMILES string of the molecule is C[C@@H](NC(=O)CC[C@H]1Cc2ccccc2NC1=O)c1ccc(S(C)(=O)=O)cc1. The monoisotopic (exact) mass is 400 g/mol. The van der Waals surface area contributed by atoms with E-state index in [-0.39, 0.29) is 35.1 Å². The summed E-state index contributed by atoms with van der Waals surface area (Å²) in [6, 6.07) is 13.9. The van der Waals surface area contributed by atoms with E-state index in [4.69, 9.17) is 0 Å². The molecule has 1 heterocycles. The van der Waals surface area contributed by atoms with Gasteiger partial charge in [-0.05, 0) is 49.1 Å². The van der Waals surface area contributed by atoms with Crippen molar-refractivity contribution in [3.63, 3.8) is 0 Å². The quantitative estimate of drug-likeness (QED) is 0.780. The van der Waals surface area contributed by atoms with Crippen molar-refractivity contribution in [3.05, 3.63) is 59.7 Å². The van der Waals surface area contributed by atoms with E-state index in [9.17, 15) is 18.0 Å². The number of carbonyl (C=O) groups excluding carboxylic acids is 2. The van der Waals surface area contributed by atoms with Crippen molar-refractivity contribution in [1.29, 1.82) is 0 Å². The minimum absolute atomic E-state index is 0.0455. The summed E-state index contributed by atoms with van der Waals surface area (Å²) in [6.07, 6.45) is 2.53. The third-order valence-corrected chi connectivity index (χ3v) is 6.15. The highest BCUT2D eigenvalue weighted by Crippen LogP contribution is 2.27. The highest BCUT2D eigenvalue weighted by Gasteiger charge is 2.26. The number of anilines is 1. The summed E-state index contributed by atoms with van der Waals surface area (Å²) < 4.78 is 23.1. The fourth-order valence-electron chi connectivity index (χ4n) is 3.35. The van der Waals surface area contributed by atoms with Gasteiger partial charge in [0.15, 0.2) is 9.84 Å². The Hall–Kier alpha value is -2.67. The van der Waals surface area contributed by atoms with Crippen LogP contribution in [0.25, 0.3) is 0 Å². The van der Waals surface area contributed by atoms with Crippen LogP contribution in [0.4, 0.5) is 5.69 Å². The molecule has 7 heteroatoms. The second-order valence-corrected chi connectivity index (χ2v) is 9.23. The third kappa shape index (κ3) is 4.78. The van der Waals surface area contributed by atoms with Gasteiger partial charge in [-0.15, -0.1) is 0 Å². The van der Waals surface area contributed by atoms with Crippen LogP contribution in [0, 0.1) is 5.92 Å². The number of hydrogen-bond acceptors (Lipinski definition) is 4. The molecule has 0 saturated carbocycles. The first kappa shape index (κ1) is 20.1. The highest BCUT2D eigenvalue weighted by molar-refractivity contribution is 7.90. The van der Waals surface area contributed by atoms with Crippen molar-refractivity contribution in [2.75, 3.05) is 11.6 Å². The molecule has 1 aliphatic heterocycles. The number of amides is 2. The van der Waals surface area contributed by atoms with Crippen LogP contribution in [-0.4, -0.2) is 26.5 Å². The molecule has 0 unspecified atom stereocenters. The second-order valence-electron chi connectivity index (χ2n) is 7.22. The van der Waals surface area contributed by atoms with Crippen molar-refractivity contribution in [1.82, 2.24) is 5.32 Å². The molecule has 2 aromatic carbocycles. The number of sulfone groups is 1. The second kappa shape index (κ2) is 8.14. The van der Waals surface area contributed by atoms with Crippen LogP contribution in [0.1, 0.15) is 36.9 Å². The zero-order chi connectivity index (χ0) is 20.3. The van der Waals surface area contributed by atoms with Crippen LogP contribution in [0.5, 0.6) is 0 Å². The average molecular weight is 401 g/mol. The number of rotatable bonds is 6. The van der Waals surface area contributed by atoms with Gasteiger partial charge in [-0.1, -0.05) is 30.3 Å². The third-order valence-electron chi connectivity index (χ3n) is 5.02. The van der Waals surface area contributed by atoms with E-state index in [2.05, 4.69) is 10.6 Å². The fraction of sp³-hybridized carbons (Fsp3) is 0.333. The van der Waals surface area contributed by atoms with Gasteiger partial charge in [0.2, 0.25) is 11.8 Å². The van der Waals surface area contributed by atoms with E-state index in [1.165, 1.54) is 12.1 Å². The predicted molar refractivity (Wildman–Crippen MR) is 108 cm³/mol. The summed E-state index contributed by atoms with van der Waals surface area (Å²) in [5, 5.41) is 5.81. The number of nitrogens with one attached hydrogen (secondary N) is 2. The van der Waals surface area contributed by atoms with E-state index in [0.29, 0.717) is 12.8 Å². The van der Waals surface area contributed by atoms with Gasteiger partial charge in [0.25, 0.3) is 0 Å². The molecule has 2 aromatic rings. The van der Waals surface area contributed by atoms with Crippen molar-refractivity contribution in [2.24, 2.45) is 5.92 Å². The van der Waals surface area contributed by atoms with Crippen molar-refractivity contribution in [3.8, 4) is 0 Å².